The van der Waals surface area contributed by atoms with E-state index < -0.39 is 42.5 Å². The Hall–Kier alpha value is -2.07. The van der Waals surface area contributed by atoms with Gasteiger partial charge in [0, 0.05) is 6.07 Å². The first kappa shape index (κ1) is 20.2. The van der Waals surface area contributed by atoms with Gasteiger partial charge in [-0.1, -0.05) is 13.8 Å². The Morgan fingerprint density at radius 3 is 2.65 bits per heavy atom. The molecule has 2 heterocycles. The largest absolute Gasteiger partial charge is 0.462 e. The molecular weight excluding hydrogens is 342 g/mol. The molecule has 0 spiro atoms. The summed E-state index contributed by atoms with van der Waals surface area (Å²) in [6.07, 6.45) is -0.939. The summed E-state index contributed by atoms with van der Waals surface area (Å²) in [7, 11) is 0. The summed E-state index contributed by atoms with van der Waals surface area (Å²) in [5.41, 5.74) is 11.2. The van der Waals surface area contributed by atoms with Crippen molar-refractivity contribution in [2.24, 2.45) is 17.4 Å². The number of aliphatic hydroxyl groups excluding tert-OH is 2. The van der Waals surface area contributed by atoms with Crippen LogP contribution in [0.4, 0.5) is 0 Å². The lowest BCUT2D eigenvalue weighted by atomic mass is 10.0. The fraction of sp³-hybridized carbons (Fsp3) is 0.588. The van der Waals surface area contributed by atoms with E-state index in [2.05, 4.69) is 0 Å². The molecule has 9 nitrogen and oxygen atoms in total. The zero-order chi connectivity index (χ0) is 19.4. The number of rotatable bonds is 7. The summed E-state index contributed by atoms with van der Waals surface area (Å²) in [5, 5.41) is 20.4. The van der Waals surface area contributed by atoms with Crippen molar-refractivity contribution in [2.45, 2.75) is 50.8 Å². The molecule has 0 saturated carbocycles. The van der Waals surface area contributed by atoms with Crippen LogP contribution >= 0.6 is 0 Å². The first-order valence-electron chi connectivity index (χ1n) is 8.45. The summed E-state index contributed by atoms with van der Waals surface area (Å²) < 4.78 is 12.2. The van der Waals surface area contributed by atoms with Crippen LogP contribution in [0.15, 0.2) is 24.5 Å². The number of carbonyl (C=O) groups is 2. The van der Waals surface area contributed by atoms with Gasteiger partial charge in [-0.05, 0) is 18.4 Å². The van der Waals surface area contributed by atoms with E-state index in [-0.39, 0.29) is 18.1 Å². The van der Waals surface area contributed by atoms with Gasteiger partial charge in [0.25, 0.3) is 12.1 Å². The van der Waals surface area contributed by atoms with Gasteiger partial charge < -0.3 is 31.2 Å². The van der Waals surface area contributed by atoms with Crippen LogP contribution in [0.2, 0.25) is 0 Å². The molecule has 0 aliphatic carbocycles. The molecular formula is C17H26N3O6+. The Balaban J connectivity index is 2.00. The number of hydrogen-bond acceptors (Lipinski definition) is 7. The molecule has 0 aromatic carbocycles. The highest BCUT2D eigenvalue weighted by molar-refractivity contribution is 5.92. The van der Waals surface area contributed by atoms with Gasteiger partial charge in [-0.3, -0.25) is 9.59 Å². The highest BCUT2D eigenvalue weighted by Crippen LogP contribution is 2.26. The van der Waals surface area contributed by atoms with Crippen molar-refractivity contribution in [1.82, 2.24) is 0 Å². The third-order valence-electron chi connectivity index (χ3n) is 4.16. The molecule has 144 valence electrons. The average Bonchev–Trinajstić information content (AvgIpc) is 2.87. The number of carbonyl (C=O) groups excluding carboxylic acids is 2. The van der Waals surface area contributed by atoms with Crippen molar-refractivity contribution >= 4 is 11.9 Å². The fourth-order valence-corrected chi connectivity index (χ4v) is 2.79. The Morgan fingerprint density at radius 1 is 1.35 bits per heavy atom. The number of ether oxygens (including phenoxy) is 2. The van der Waals surface area contributed by atoms with Crippen LogP contribution in [0.3, 0.4) is 0 Å². The highest BCUT2D eigenvalue weighted by atomic mass is 16.6. The Kier molecular flexibility index (Phi) is 6.65. The number of aliphatic hydroxyl groups is 2. The second-order valence-electron chi connectivity index (χ2n) is 6.82. The summed E-state index contributed by atoms with van der Waals surface area (Å²) >= 11 is 0. The molecule has 0 unspecified atom stereocenters. The summed E-state index contributed by atoms with van der Waals surface area (Å²) in [5.74, 6) is -0.973. The van der Waals surface area contributed by atoms with Crippen LogP contribution in [0.5, 0.6) is 0 Å². The van der Waals surface area contributed by atoms with E-state index in [1.54, 1.807) is 12.3 Å². The minimum Gasteiger partial charge on any atom is -0.462 e. The molecule has 9 heteroatoms. The summed E-state index contributed by atoms with van der Waals surface area (Å²) in [6.45, 7) is 3.64. The van der Waals surface area contributed by atoms with E-state index in [0.29, 0.717) is 6.42 Å². The number of hydrogen-bond donors (Lipinski definition) is 4. The van der Waals surface area contributed by atoms with Crippen molar-refractivity contribution in [3.05, 3.63) is 30.1 Å². The maximum Gasteiger partial charge on any atom is 0.323 e. The van der Waals surface area contributed by atoms with Crippen molar-refractivity contribution in [2.75, 3.05) is 6.61 Å². The molecule has 1 saturated heterocycles. The van der Waals surface area contributed by atoms with E-state index in [0.717, 1.165) is 0 Å². The number of esters is 1. The Labute approximate surface area is 151 Å². The molecule has 1 aliphatic rings. The van der Waals surface area contributed by atoms with Crippen LogP contribution < -0.4 is 16.0 Å². The Bertz CT molecular complexity index is 653. The first-order chi connectivity index (χ1) is 12.2. The van der Waals surface area contributed by atoms with Gasteiger partial charge in [-0.25, -0.2) is 0 Å². The smallest absolute Gasteiger partial charge is 0.323 e. The van der Waals surface area contributed by atoms with E-state index in [9.17, 15) is 19.8 Å². The maximum atomic E-state index is 11.9. The third-order valence-corrected chi connectivity index (χ3v) is 4.16. The zero-order valence-corrected chi connectivity index (χ0v) is 14.8. The predicted octanol–water partition coefficient (Wildman–Crippen LogP) is -1.39. The lowest BCUT2D eigenvalue weighted by Gasteiger charge is -2.17. The van der Waals surface area contributed by atoms with Gasteiger partial charge in [0.2, 0.25) is 0 Å². The molecule has 2 rings (SSSR count). The molecule has 1 aromatic rings. The normalized spacial score (nSPS) is 26.7. The number of amides is 1. The van der Waals surface area contributed by atoms with E-state index in [1.165, 1.54) is 16.8 Å². The fourth-order valence-electron chi connectivity index (χ4n) is 2.79. The third kappa shape index (κ3) is 4.76. The molecule has 5 atom stereocenters. The lowest BCUT2D eigenvalue weighted by Crippen LogP contribution is -2.46. The van der Waals surface area contributed by atoms with E-state index in [4.69, 9.17) is 20.9 Å². The minimum absolute atomic E-state index is 0.229. The topological polar surface area (TPSA) is 149 Å². The number of nitrogens with two attached hydrogens (primary N) is 2. The van der Waals surface area contributed by atoms with E-state index in [1.807, 2.05) is 13.8 Å². The molecule has 1 aliphatic heterocycles. The highest BCUT2D eigenvalue weighted by Gasteiger charge is 2.48. The van der Waals surface area contributed by atoms with Crippen LogP contribution in [-0.4, -0.2) is 53.1 Å². The van der Waals surface area contributed by atoms with Gasteiger partial charge >= 0.3 is 5.97 Å². The van der Waals surface area contributed by atoms with Gasteiger partial charge in [0.05, 0.1) is 0 Å². The van der Waals surface area contributed by atoms with Crippen LogP contribution in [-0.2, 0) is 14.3 Å². The SMILES string of the molecule is CC(C)C[C@H](N)C(=O)OC[C@H]1O[C@@H]([n+]2cccc(C(N)=O)c2)[C@H](O)[C@@H]1O. The lowest BCUT2D eigenvalue weighted by molar-refractivity contribution is -0.765. The minimum atomic E-state index is -1.27. The van der Waals surface area contributed by atoms with Crippen LogP contribution in [0, 0.1) is 5.92 Å². The molecule has 1 aromatic heterocycles. The summed E-state index contributed by atoms with van der Waals surface area (Å²) in [6, 6.07) is 2.34. The van der Waals surface area contributed by atoms with Gasteiger partial charge in [0.15, 0.2) is 18.5 Å². The van der Waals surface area contributed by atoms with Gasteiger partial charge in [-0.2, -0.15) is 4.57 Å². The molecule has 26 heavy (non-hydrogen) atoms. The number of primary amides is 1. The standard InChI is InChI=1S/C17H25N3O6/c1-9(2)6-11(18)17(24)25-8-12-13(21)14(22)16(26-12)20-5-3-4-10(7-20)15(19)23/h3-5,7,9,11-14,16,21-22H,6,8,18H2,1-2H3,(H-,19,23)/p+1/t11-,12+,13+,14+,16+/m0/s1. The molecule has 1 amide bonds. The first-order valence-corrected chi connectivity index (χ1v) is 8.45. The quantitative estimate of drug-likeness (QED) is 0.342. The second kappa shape index (κ2) is 8.54. The van der Waals surface area contributed by atoms with Crippen molar-refractivity contribution in [1.29, 1.82) is 0 Å². The van der Waals surface area contributed by atoms with Crippen LogP contribution in [0.1, 0.15) is 36.9 Å². The van der Waals surface area contributed by atoms with Crippen molar-refractivity contribution in [3.63, 3.8) is 0 Å². The number of nitrogens with zero attached hydrogens (tertiary/aromatic N) is 1. The molecule has 6 N–H and O–H groups in total. The molecule has 0 radical (unpaired) electrons. The summed E-state index contributed by atoms with van der Waals surface area (Å²) in [4.78, 5) is 23.2. The van der Waals surface area contributed by atoms with E-state index >= 15 is 0 Å². The zero-order valence-electron chi connectivity index (χ0n) is 14.8. The van der Waals surface area contributed by atoms with Crippen molar-refractivity contribution < 1.29 is 33.8 Å². The predicted molar refractivity (Wildman–Crippen MR) is 89.5 cm³/mol. The molecule has 1 fully saturated rings. The van der Waals surface area contributed by atoms with Crippen LogP contribution in [0.25, 0.3) is 0 Å². The van der Waals surface area contributed by atoms with Gasteiger partial charge in [-0.15, -0.1) is 0 Å². The number of pyridine rings is 1. The average molecular weight is 368 g/mol. The monoisotopic (exact) mass is 368 g/mol. The Morgan fingerprint density at radius 2 is 2.04 bits per heavy atom. The second-order valence-corrected chi connectivity index (χ2v) is 6.82. The van der Waals surface area contributed by atoms with Gasteiger partial charge in [0.1, 0.15) is 30.4 Å². The van der Waals surface area contributed by atoms with Crippen molar-refractivity contribution in [3.8, 4) is 0 Å². The molecule has 0 bridgehead atoms. The maximum absolute atomic E-state index is 11.9. The number of aromatic nitrogens is 1.